The maximum absolute atomic E-state index is 12.7. The van der Waals surface area contributed by atoms with E-state index >= 15 is 0 Å². The van der Waals surface area contributed by atoms with Crippen LogP contribution in [0.15, 0.2) is 57.7 Å². The fourth-order valence-electron chi connectivity index (χ4n) is 3.53. The SMILES string of the molecule is COc1ccc(C2CCN(C(=O)Cn3c(=O)oc4ccccc43)C2)cc1. The van der Waals surface area contributed by atoms with Crippen molar-refractivity contribution in [3.8, 4) is 5.75 Å². The largest absolute Gasteiger partial charge is 0.497 e. The number of carbonyl (C=O) groups is 1. The van der Waals surface area contributed by atoms with Gasteiger partial charge in [-0.2, -0.15) is 0 Å². The van der Waals surface area contributed by atoms with Crippen molar-refractivity contribution >= 4 is 17.0 Å². The molecule has 0 N–H and O–H groups in total. The lowest BCUT2D eigenvalue weighted by atomic mass is 9.98. The summed E-state index contributed by atoms with van der Waals surface area (Å²) in [5, 5.41) is 0. The highest BCUT2D eigenvalue weighted by Gasteiger charge is 2.28. The van der Waals surface area contributed by atoms with E-state index < -0.39 is 5.76 Å². The van der Waals surface area contributed by atoms with E-state index in [1.165, 1.54) is 10.1 Å². The molecule has 1 atom stereocenters. The van der Waals surface area contributed by atoms with Gasteiger partial charge in [-0.3, -0.25) is 9.36 Å². The maximum atomic E-state index is 12.7. The number of para-hydroxylation sites is 2. The first-order valence-electron chi connectivity index (χ1n) is 8.66. The van der Waals surface area contributed by atoms with E-state index in [1.54, 1.807) is 25.3 Å². The van der Waals surface area contributed by atoms with Crippen molar-refractivity contribution in [3.05, 3.63) is 64.6 Å². The Morgan fingerprint density at radius 1 is 1.19 bits per heavy atom. The van der Waals surface area contributed by atoms with Crippen molar-refractivity contribution in [1.29, 1.82) is 0 Å². The molecule has 0 spiro atoms. The molecule has 1 aliphatic rings. The topological polar surface area (TPSA) is 64.7 Å². The van der Waals surface area contributed by atoms with Gasteiger partial charge in [0.25, 0.3) is 0 Å². The monoisotopic (exact) mass is 352 g/mol. The summed E-state index contributed by atoms with van der Waals surface area (Å²) < 4.78 is 11.8. The maximum Gasteiger partial charge on any atom is 0.420 e. The molecule has 6 heteroatoms. The molecular weight excluding hydrogens is 332 g/mol. The molecule has 3 aromatic rings. The molecule has 1 fully saturated rings. The number of rotatable bonds is 4. The Balaban J connectivity index is 1.47. The van der Waals surface area contributed by atoms with Crippen LogP contribution >= 0.6 is 0 Å². The summed E-state index contributed by atoms with van der Waals surface area (Å²) in [4.78, 5) is 26.6. The average molecular weight is 352 g/mol. The molecule has 134 valence electrons. The number of nitrogens with zero attached hydrogens (tertiary/aromatic N) is 2. The molecule has 1 unspecified atom stereocenters. The van der Waals surface area contributed by atoms with Gasteiger partial charge in [0.15, 0.2) is 5.58 Å². The van der Waals surface area contributed by atoms with Gasteiger partial charge in [0.2, 0.25) is 5.91 Å². The Bertz CT molecular complexity index is 987. The number of ether oxygens (including phenoxy) is 1. The van der Waals surface area contributed by atoms with Gasteiger partial charge in [0.1, 0.15) is 12.3 Å². The number of aromatic nitrogens is 1. The normalized spacial score (nSPS) is 17.0. The minimum Gasteiger partial charge on any atom is -0.497 e. The average Bonchev–Trinajstić information content (AvgIpc) is 3.27. The third-order valence-electron chi connectivity index (χ3n) is 5.00. The number of benzene rings is 2. The van der Waals surface area contributed by atoms with Crippen LogP contribution in [0.2, 0.25) is 0 Å². The summed E-state index contributed by atoms with van der Waals surface area (Å²) in [6, 6.07) is 15.1. The van der Waals surface area contributed by atoms with Gasteiger partial charge >= 0.3 is 5.76 Å². The zero-order chi connectivity index (χ0) is 18.1. The summed E-state index contributed by atoms with van der Waals surface area (Å²) in [5.41, 5.74) is 2.35. The van der Waals surface area contributed by atoms with E-state index in [0.717, 1.165) is 12.2 Å². The second-order valence-corrected chi connectivity index (χ2v) is 6.52. The van der Waals surface area contributed by atoms with E-state index in [9.17, 15) is 9.59 Å². The van der Waals surface area contributed by atoms with Crippen molar-refractivity contribution in [2.45, 2.75) is 18.9 Å². The highest BCUT2D eigenvalue weighted by Crippen LogP contribution is 2.28. The Hall–Kier alpha value is -3.02. The number of hydrogen-bond donors (Lipinski definition) is 0. The van der Waals surface area contributed by atoms with E-state index in [-0.39, 0.29) is 12.5 Å². The van der Waals surface area contributed by atoms with E-state index in [0.29, 0.717) is 30.1 Å². The van der Waals surface area contributed by atoms with E-state index in [4.69, 9.17) is 9.15 Å². The Morgan fingerprint density at radius 3 is 2.73 bits per heavy atom. The first kappa shape index (κ1) is 16.4. The zero-order valence-corrected chi connectivity index (χ0v) is 14.6. The first-order chi connectivity index (χ1) is 12.7. The third kappa shape index (κ3) is 2.98. The molecule has 1 aromatic heterocycles. The predicted octanol–water partition coefficient (Wildman–Crippen LogP) is 2.62. The Labute approximate surface area is 150 Å². The van der Waals surface area contributed by atoms with Crippen molar-refractivity contribution in [1.82, 2.24) is 9.47 Å². The van der Waals surface area contributed by atoms with Crippen molar-refractivity contribution in [2.75, 3.05) is 20.2 Å². The standard InChI is InChI=1S/C20H20N2O4/c1-25-16-8-6-14(7-9-16)15-10-11-21(12-15)19(23)13-22-17-4-2-3-5-18(17)26-20(22)24/h2-9,15H,10-13H2,1H3. The molecule has 0 saturated carbocycles. The van der Waals surface area contributed by atoms with Gasteiger partial charge in [0, 0.05) is 19.0 Å². The predicted molar refractivity (Wildman–Crippen MR) is 97.4 cm³/mol. The van der Waals surface area contributed by atoms with Crippen LogP contribution in [-0.2, 0) is 11.3 Å². The Morgan fingerprint density at radius 2 is 1.96 bits per heavy atom. The van der Waals surface area contributed by atoms with Crippen molar-refractivity contribution < 1.29 is 13.9 Å². The molecule has 6 nitrogen and oxygen atoms in total. The molecule has 1 amide bonds. The van der Waals surface area contributed by atoms with Crippen LogP contribution in [0.25, 0.3) is 11.1 Å². The molecule has 0 aliphatic carbocycles. The first-order valence-corrected chi connectivity index (χ1v) is 8.66. The van der Waals surface area contributed by atoms with Gasteiger partial charge < -0.3 is 14.1 Å². The zero-order valence-electron chi connectivity index (χ0n) is 14.6. The van der Waals surface area contributed by atoms with Crippen LogP contribution in [0.1, 0.15) is 17.9 Å². The summed E-state index contributed by atoms with van der Waals surface area (Å²) >= 11 is 0. The quantitative estimate of drug-likeness (QED) is 0.724. The summed E-state index contributed by atoms with van der Waals surface area (Å²) in [5.74, 6) is 0.577. The summed E-state index contributed by atoms with van der Waals surface area (Å²) in [6.07, 6.45) is 0.916. The fourth-order valence-corrected chi connectivity index (χ4v) is 3.53. The lowest BCUT2D eigenvalue weighted by Gasteiger charge is -2.17. The summed E-state index contributed by atoms with van der Waals surface area (Å²) in [7, 11) is 1.65. The van der Waals surface area contributed by atoms with E-state index in [1.807, 2.05) is 35.2 Å². The van der Waals surface area contributed by atoms with Crippen LogP contribution in [0.4, 0.5) is 0 Å². The second kappa shape index (κ2) is 6.71. The van der Waals surface area contributed by atoms with E-state index in [2.05, 4.69) is 0 Å². The molecule has 26 heavy (non-hydrogen) atoms. The third-order valence-corrected chi connectivity index (χ3v) is 5.00. The smallest absolute Gasteiger partial charge is 0.420 e. The number of methoxy groups -OCH3 is 1. The van der Waals surface area contributed by atoms with Crippen LogP contribution in [0.3, 0.4) is 0 Å². The molecule has 2 heterocycles. The Kier molecular flexibility index (Phi) is 4.24. The van der Waals surface area contributed by atoms with Gasteiger partial charge in [-0.05, 0) is 36.2 Å². The highest BCUT2D eigenvalue weighted by molar-refractivity contribution is 5.79. The minimum atomic E-state index is -0.495. The number of fused-ring (bicyclic) bond motifs is 1. The molecule has 1 saturated heterocycles. The van der Waals surface area contributed by atoms with Crippen LogP contribution in [-0.4, -0.2) is 35.6 Å². The lowest BCUT2D eigenvalue weighted by molar-refractivity contribution is -0.130. The minimum absolute atomic E-state index is 0.00514. The fraction of sp³-hybridized carbons (Fsp3) is 0.300. The van der Waals surface area contributed by atoms with Crippen molar-refractivity contribution in [3.63, 3.8) is 0 Å². The number of carbonyl (C=O) groups excluding carboxylic acids is 1. The van der Waals surface area contributed by atoms with Gasteiger partial charge in [-0.25, -0.2) is 4.79 Å². The number of hydrogen-bond acceptors (Lipinski definition) is 4. The molecule has 4 rings (SSSR count). The molecule has 1 aliphatic heterocycles. The van der Waals surface area contributed by atoms with Crippen LogP contribution in [0, 0.1) is 0 Å². The molecule has 0 radical (unpaired) electrons. The summed E-state index contributed by atoms with van der Waals surface area (Å²) in [6.45, 7) is 1.36. The van der Waals surface area contributed by atoms with Gasteiger partial charge in [-0.1, -0.05) is 24.3 Å². The van der Waals surface area contributed by atoms with Crippen LogP contribution in [0.5, 0.6) is 5.75 Å². The van der Waals surface area contributed by atoms with Gasteiger partial charge in [-0.15, -0.1) is 0 Å². The lowest BCUT2D eigenvalue weighted by Crippen LogP contribution is -2.34. The number of likely N-dealkylation sites (tertiary alicyclic amines) is 1. The highest BCUT2D eigenvalue weighted by atomic mass is 16.5. The molecule has 0 bridgehead atoms. The number of amides is 1. The van der Waals surface area contributed by atoms with Gasteiger partial charge in [0.05, 0.1) is 12.6 Å². The molecular formula is C20H20N2O4. The second-order valence-electron chi connectivity index (χ2n) is 6.52. The van der Waals surface area contributed by atoms with Crippen LogP contribution < -0.4 is 10.5 Å². The van der Waals surface area contributed by atoms with Crippen molar-refractivity contribution in [2.24, 2.45) is 0 Å². The number of oxazole rings is 1. The molecule has 2 aromatic carbocycles.